The lowest BCUT2D eigenvalue weighted by atomic mass is 9.84. The van der Waals surface area contributed by atoms with E-state index in [1.807, 2.05) is 19.0 Å². The Bertz CT molecular complexity index is 173. The van der Waals surface area contributed by atoms with Crippen molar-refractivity contribution in [1.29, 1.82) is 0 Å². The van der Waals surface area contributed by atoms with E-state index < -0.39 is 5.97 Å². The molecule has 0 aromatic rings. The molecule has 0 amide bonds. The van der Waals surface area contributed by atoms with Crippen molar-refractivity contribution in [3.8, 4) is 0 Å². The Labute approximate surface area is 85.5 Å². The maximum atomic E-state index is 10.8. The summed E-state index contributed by atoms with van der Waals surface area (Å²) in [6.07, 6.45) is 4.12. The standard InChI is InChI=1S/C9H17NO2.ClH/c1-10(2)8-6-4-3-5-7(8)9(11)12;/h7-8H,3-6H2,1-2H3,(H,11,12);1H/t7-,8+;/m1./s1. The van der Waals surface area contributed by atoms with Gasteiger partial charge in [-0.1, -0.05) is 12.8 Å². The van der Waals surface area contributed by atoms with Crippen LogP contribution in [0.15, 0.2) is 0 Å². The van der Waals surface area contributed by atoms with E-state index in [2.05, 4.69) is 0 Å². The fourth-order valence-corrected chi connectivity index (χ4v) is 2.02. The first-order valence-corrected chi connectivity index (χ1v) is 4.52. The SMILES string of the molecule is CN(C)[C@H]1CCCC[C@H]1C(=O)O.Cl. The van der Waals surface area contributed by atoms with Crippen molar-refractivity contribution in [3.63, 3.8) is 0 Å². The first kappa shape index (κ1) is 12.7. The lowest BCUT2D eigenvalue weighted by Crippen LogP contribution is -2.41. The van der Waals surface area contributed by atoms with Crippen molar-refractivity contribution in [2.45, 2.75) is 31.7 Å². The number of carboxylic acids is 1. The molecule has 13 heavy (non-hydrogen) atoms. The van der Waals surface area contributed by atoms with Gasteiger partial charge in [-0.3, -0.25) is 4.79 Å². The van der Waals surface area contributed by atoms with Crippen molar-refractivity contribution in [3.05, 3.63) is 0 Å². The van der Waals surface area contributed by atoms with Crippen molar-refractivity contribution in [2.75, 3.05) is 14.1 Å². The third-order valence-corrected chi connectivity index (χ3v) is 2.71. The first-order chi connectivity index (χ1) is 5.63. The third kappa shape index (κ3) is 3.16. The predicted molar refractivity (Wildman–Crippen MR) is 54.3 cm³/mol. The highest BCUT2D eigenvalue weighted by Gasteiger charge is 2.31. The number of nitrogens with zero attached hydrogens (tertiary/aromatic N) is 1. The van der Waals surface area contributed by atoms with Crippen LogP contribution in [0.4, 0.5) is 0 Å². The summed E-state index contributed by atoms with van der Waals surface area (Å²) in [6, 6.07) is 0.247. The molecule has 0 saturated heterocycles. The molecular formula is C9H18ClNO2. The van der Waals surface area contributed by atoms with Gasteiger partial charge in [0.15, 0.2) is 0 Å². The number of rotatable bonds is 2. The molecule has 0 aromatic heterocycles. The highest BCUT2D eigenvalue weighted by Crippen LogP contribution is 2.27. The third-order valence-electron chi connectivity index (χ3n) is 2.71. The zero-order chi connectivity index (χ0) is 9.14. The van der Waals surface area contributed by atoms with E-state index in [0.29, 0.717) is 0 Å². The first-order valence-electron chi connectivity index (χ1n) is 4.52. The minimum atomic E-state index is -0.631. The molecular weight excluding hydrogens is 190 g/mol. The van der Waals surface area contributed by atoms with Gasteiger partial charge in [0.25, 0.3) is 0 Å². The Kier molecular flexibility index (Phi) is 5.33. The van der Waals surface area contributed by atoms with Gasteiger partial charge in [-0.2, -0.15) is 0 Å². The highest BCUT2D eigenvalue weighted by molar-refractivity contribution is 5.85. The molecule has 1 saturated carbocycles. The second-order valence-corrected chi connectivity index (χ2v) is 3.76. The predicted octanol–water partition coefficient (Wildman–Crippen LogP) is 1.61. The van der Waals surface area contributed by atoms with Crippen LogP contribution in [0.1, 0.15) is 25.7 Å². The van der Waals surface area contributed by atoms with E-state index in [0.717, 1.165) is 19.3 Å². The maximum Gasteiger partial charge on any atom is 0.308 e. The Balaban J connectivity index is 0.00000144. The largest absolute Gasteiger partial charge is 0.481 e. The van der Waals surface area contributed by atoms with Crippen LogP contribution in [0.25, 0.3) is 0 Å². The average Bonchev–Trinajstić information content (AvgIpc) is 2.04. The fraction of sp³-hybridized carbons (Fsp3) is 0.889. The summed E-state index contributed by atoms with van der Waals surface area (Å²) in [6.45, 7) is 0. The summed E-state index contributed by atoms with van der Waals surface area (Å²) >= 11 is 0. The highest BCUT2D eigenvalue weighted by atomic mass is 35.5. The van der Waals surface area contributed by atoms with E-state index in [4.69, 9.17) is 5.11 Å². The number of halogens is 1. The Morgan fingerprint density at radius 2 is 1.85 bits per heavy atom. The summed E-state index contributed by atoms with van der Waals surface area (Å²) in [4.78, 5) is 12.9. The molecule has 0 bridgehead atoms. The number of hydrogen-bond acceptors (Lipinski definition) is 2. The van der Waals surface area contributed by atoms with Crippen LogP contribution in [0.5, 0.6) is 0 Å². The Morgan fingerprint density at radius 3 is 2.23 bits per heavy atom. The van der Waals surface area contributed by atoms with E-state index in [-0.39, 0.29) is 24.4 Å². The van der Waals surface area contributed by atoms with Crippen LogP contribution >= 0.6 is 12.4 Å². The quantitative estimate of drug-likeness (QED) is 0.748. The molecule has 3 nitrogen and oxygen atoms in total. The van der Waals surface area contributed by atoms with Crippen LogP contribution in [-0.2, 0) is 4.79 Å². The molecule has 1 aliphatic carbocycles. The van der Waals surface area contributed by atoms with Gasteiger partial charge in [0.2, 0.25) is 0 Å². The minimum Gasteiger partial charge on any atom is -0.481 e. The van der Waals surface area contributed by atoms with Crippen molar-refractivity contribution >= 4 is 18.4 Å². The molecule has 4 heteroatoms. The molecule has 0 radical (unpaired) electrons. The molecule has 1 aliphatic rings. The average molecular weight is 208 g/mol. The molecule has 1 fully saturated rings. The maximum absolute atomic E-state index is 10.8. The van der Waals surface area contributed by atoms with Gasteiger partial charge < -0.3 is 10.0 Å². The summed E-state index contributed by atoms with van der Waals surface area (Å²) in [7, 11) is 3.93. The van der Waals surface area contributed by atoms with Gasteiger partial charge >= 0.3 is 5.97 Å². The number of carbonyl (C=O) groups is 1. The summed E-state index contributed by atoms with van der Waals surface area (Å²) in [5.74, 6) is -0.776. The molecule has 2 atom stereocenters. The van der Waals surface area contributed by atoms with Gasteiger partial charge in [-0.15, -0.1) is 12.4 Å². The van der Waals surface area contributed by atoms with Crippen molar-refractivity contribution in [1.82, 2.24) is 4.90 Å². The Hall–Kier alpha value is -0.280. The lowest BCUT2D eigenvalue weighted by Gasteiger charge is -2.33. The van der Waals surface area contributed by atoms with E-state index >= 15 is 0 Å². The molecule has 0 unspecified atom stereocenters. The summed E-state index contributed by atoms with van der Waals surface area (Å²) < 4.78 is 0. The van der Waals surface area contributed by atoms with Crippen LogP contribution in [0, 0.1) is 5.92 Å². The van der Waals surface area contributed by atoms with Crippen LogP contribution < -0.4 is 0 Å². The lowest BCUT2D eigenvalue weighted by molar-refractivity contribution is -0.145. The van der Waals surface area contributed by atoms with Gasteiger partial charge in [0.1, 0.15) is 0 Å². The number of hydrogen-bond donors (Lipinski definition) is 1. The molecule has 0 aromatic carbocycles. The monoisotopic (exact) mass is 207 g/mol. The number of carboxylic acid groups (broad SMARTS) is 1. The molecule has 1 rings (SSSR count). The van der Waals surface area contributed by atoms with Gasteiger partial charge in [-0.05, 0) is 26.9 Å². The zero-order valence-corrected chi connectivity index (χ0v) is 9.01. The van der Waals surface area contributed by atoms with Crippen molar-refractivity contribution < 1.29 is 9.90 Å². The van der Waals surface area contributed by atoms with E-state index in [1.54, 1.807) is 0 Å². The minimum absolute atomic E-state index is 0. The van der Waals surface area contributed by atoms with E-state index in [9.17, 15) is 4.79 Å². The van der Waals surface area contributed by atoms with Crippen LogP contribution in [0.3, 0.4) is 0 Å². The van der Waals surface area contributed by atoms with Crippen LogP contribution in [0.2, 0.25) is 0 Å². The smallest absolute Gasteiger partial charge is 0.308 e. The zero-order valence-electron chi connectivity index (χ0n) is 8.19. The van der Waals surface area contributed by atoms with Gasteiger partial charge in [-0.25, -0.2) is 0 Å². The normalized spacial score (nSPS) is 28.2. The molecule has 78 valence electrons. The number of aliphatic carboxylic acids is 1. The van der Waals surface area contributed by atoms with Crippen molar-refractivity contribution in [2.24, 2.45) is 5.92 Å². The fourth-order valence-electron chi connectivity index (χ4n) is 2.02. The molecule has 1 N–H and O–H groups in total. The molecule has 0 heterocycles. The Morgan fingerprint density at radius 1 is 1.31 bits per heavy atom. The van der Waals surface area contributed by atoms with Gasteiger partial charge in [0.05, 0.1) is 5.92 Å². The van der Waals surface area contributed by atoms with Crippen LogP contribution in [-0.4, -0.2) is 36.1 Å². The molecule has 0 spiro atoms. The topological polar surface area (TPSA) is 40.5 Å². The second-order valence-electron chi connectivity index (χ2n) is 3.76. The second kappa shape index (κ2) is 5.45. The molecule has 0 aliphatic heterocycles. The summed E-state index contributed by atoms with van der Waals surface area (Å²) in [5, 5.41) is 8.93. The summed E-state index contributed by atoms with van der Waals surface area (Å²) in [5.41, 5.74) is 0. The van der Waals surface area contributed by atoms with Gasteiger partial charge in [0, 0.05) is 6.04 Å². The van der Waals surface area contributed by atoms with E-state index in [1.165, 1.54) is 6.42 Å².